The summed E-state index contributed by atoms with van der Waals surface area (Å²) in [6.45, 7) is 11.3. The van der Waals surface area contributed by atoms with Gasteiger partial charge in [-0.15, -0.1) is 0 Å². The fraction of sp³-hybridized carbons (Fsp3) is 0.947. The van der Waals surface area contributed by atoms with E-state index in [0.29, 0.717) is 13.1 Å². The molecule has 0 aliphatic carbocycles. The highest BCUT2D eigenvalue weighted by Crippen LogP contribution is 2.17. The Morgan fingerprint density at radius 1 is 0.880 bits per heavy atom. The topological polar surface area (TPSA) is 105 Å². The molecule has 0 aromatic heterocycles. The number of amides is 1. The molecule has 0 aliphatic rings. The van der Waals surface area contributed by atoms with Gasteiger partial charge >= 0.3 is 6.09 Å². The molecule has 0 saturated carbocycles. The number of nitrogens with one attached hydrogen (secondary N) is 1. The highest BCUT2D eigenvalue weighted by molar-refractivity contribution is 5.64. The largest absolute Gasteiger partial charge is 0.465 e. The summed E-state index contributed by atoms with van der Waals surface area (Å²) < 4.78 is 0. The van der Waals surface area contributed by atoms with E-state index >= 15 is 0 Å². The number of rotatable bonds is 15. The number of carboxylic acid groups (broad SMARTS) is 1. The first kappa shape index (κ1) is 24.1. The molecule has 0 aromatic carbocycles. The molecule has 0 rings (SSSR count). The van der Waals surface area contributed by atoms with Crippen molar-refractivity contribution in [2.24, 2.45) is 11.5 Å². The number of hydrogen-bond donors (Lipinski definition) is 4. The van der Waals surface area contributed by atoms with Crippen molar-refractivity contribution in [3.63, 3.8) is 0 Å². The second-order valence-electron chi connectivity index (χ2n) is 7.37. The first-order chi connectivity index (χ1) is 11.8. The fourth-order valence-corrected chi connectivity index (χ4v) is 2.88. The maximum Gasteiger partial charge on any atom is 0.407 e. The van der Waals surface area contributed by atoms with Crippen LogP contribution in [-0.4, -0.2) is 53.4 Å². The number of hydrogen-bond acceptors (Lipinski definition) is 4. The van der Waals surface area contributed by atoms with E-state index in [1.54, 1.807) is 0 Å². The Labute approximate surface area is 154 Å². The van der Waals surface area contributed by atoms with Crippen molar-refractivity contribution < 1.29 is 9.90 Å². The Kier molecular flexibility index (Phi) is 12.1. The van der Waals surface area contributed by atoms with E-state index in [2.05, 4.69) is 33.0 Å². The molecule has 6 heteroatoms. The van der Waals surface area contributed by atoms with E-state index in [1.807, 2.05) is 0 Å². The lowest BCUT2D eigenvalue weighted by molar-refractivity contribution is 0.138. The molecule has 0 spiro atoms. The smallest absolute Gasteiger partial charge is 0.407 e. The average molecular weight is 359 g/mol. The van der Waals surface area contributed by atoms with E-state index in [1.165, 1.54) is 4.90 Å². The molecule has 0 atom stereocenters. The van der Waals surface area contributed by atoms with E-state index < -0.39 is 6.09 Å². The van der Waals surface area contributed by atoms with Gasteiger partial charge in [-0.3, -0.25) is 0 Å². The van der Waals surface area contributed by atoms with Crippen molar-refractivity contribution in [1.29, 1.82) is 0 Å². The molecule has 0 aromatic rings. The molecule has 25 heavy (non-hydrogen) atoms. The summed E-state index contributed by atoms with van der Waals surface area (Å²) in [5.41, 5.74) is 12.2. The molecule has 0 saturated heterocycles. The Morgan fingerprint density at radius 3 is 1.88 bits per heavy atom. The maximum atomic E-state index is 11.4. The minimum absolute atomic E-state index is 0.0552. The minimum Gasteiger partial charge on any atom is -0.465 e. The van der Waals surface area contributed by atoms with Gasteiger partial charge in [-0.1, -0.05) is 27.7 Å². The van der Waals surface area contributed by atoms with Crippen LogP contribution in [0.15, 0.2) is 0 Å². The van der Waals surface area contributed by atoms with Gasteiger partial charge in [0.15, 0.2) is 0 Å². The maximum absolute atomic E-state index is 11.4. The van der Waals surface area contributed by atoms with E-state index in [9.17, 15) is 9.90 Å². The molecular weight excluding hydrogens is 316 g/mol. The quantitative estimate of drug-likeness (QED) is 0.337. The SMILES string of the molecule is CCC(N)(CC)CCNCCCCN(CCC(N)(CC)CC)C(=O)O. The van der Waals surface area contributed by atoms with Crippen molar-refractivity contribution in [2.45, 2.75) is 90.1 Å². The second kappa shape index (κ2) is 12.5. The lowest BCUT2D eigenvalue weighted by Crippen LogP contribution is -2.43. The summed E-state index contributed by atoms with van der Waals surface area (Å²) in [5, 5.41) is 12.8. The van der Waals surface area contributed by atoms with Crippen LogP contribution in [0, 0.1) is 0 Å². The van der Waals surface area contributed by atoms with Gasteiger partial charge in [0, 0.05) is 24.2 Å². The van der Waals surface area contributed by atoms with Crippen LogP contribution >= 0.6 is 0 Å². The predicted molar refractivity (Wildman–Crippen MR) is 106 cm³/mol. The summed E-state index contributed by atoms with van der Waals surface area (Å²) in [6.07, 6.45) is 6.43. The highest BCUT2D eigenvalue weighted by atomic mass is 16.4. The molecule has 6 nitrogen and oxygen atoms in total. The average Bonchev–Trinajstić information content (AvgIpc) is 2.62. The minimum atomic E-state index is -0.846. The summed E-state index contributed by atoms with van der Waals surface area (Å²) in [5.74, 6) is 0. The Hall–Kier alpha value is -0.850. The molecule has 0 fully saturated rings. The molecule has 0 bridgehead atoms. The molecule has 1 amide bonds. The molecule has 0 radical (unpaired) electrons. The van der Waals surface area contributed by atoms with Crippen molar-refractivity contribution in [3.05, 3.63) is 0 Å². The van der Waals surface area contributed by atoms with E-state index in [-0.39, 0.29) is 11.1 Å². The molecule has 0 aliphatic heterocycles. The third-order valence-electron chi connectivity index (χ3n) is 5.80. The van der Waals surface area contributed by atoms with Crippen LogP contribution in [0.25, 0.3) is 0 Å². The van der Waals surface area contributed by atoms with Crippen LogP contribution in [0.1, 0.15) is 79.1 Å². The molecule has 0 unspecified atom stereocenters. The van der Waals surface area contributed by atoms with E-state index in [0.717, 1.165) is 64.5 Å². The monoisotopic (exact) mass is 358 g/mol. The lowest BCUT2D eigenvalue weighted by Gasteiger charge is -2.29. The molecular formula is C19H42N4O2. The zero-order valence-corrected chi connectivity index (χ0v) is 16.9. The highest BCUT2D eigenvalue weighted by Gasteiger charge is 2.22. The summed E-state index contributed by atoms with van der Waals surface area (Å²) >= 11 is 0. The molecule has 0 heterocycles. The van der Waals surface area contributed by atoms with Crippen molar-refractivity contribution in [2.75, 3.05) is 26.2 Å². The van der Waals surface area contributed by atoms with Crippen LogP contribution in [0.3, 0.4) is 0 Å². The number of unbranched alkanes of at least 4 members (excludes halogenated alkanes) is 1. The normalized spacial score (nSPS) is 12.4. The van der Waals surface area contributed by atoms with Crippen LogP contribution in [0.2, 0.25) is 0 Å². The number of nitrogens with two attached hydrogens (primary N) is 2. The van der Waals surface area contributed by atoms with Gasteiger partial charge in [0.1, 0.15) is 0 Å². The van der Waals surface area contributed by atoms with Gasteiger partial charge in [-0.25, -0.2) is 4.79 Å². The second-order valence-corrected chi connectivity index (χ2v) is 7.37. The Morgan fingerprint density at radius 2 is 1.40 bits per heavy atom. The fourth-order valence-electron chi connectivity index (χ4n) is 2.88. The third kappa shape index (κ3) is 10.0. The van der Waals surface area contributed by atoms with Crippen LogP contribution < -0.4 is 16.8 Å². The third-order valence-corrected chi connectivity index (χ3v) is 5.80. The van der Waals surface area contributed by atoms with Crippen LogP contribution in [0.4, 0.5) is 4.79 Å². The molecule has 150 valence electrons. The number of carbonyl (C=O) groups is 1. The van der Waals surface area contributed by atoms with Crippen LogP contribution in [0.5, 0.6) is 0 Å². The number of nitrogens with zero attached hydrogens (tertiary/aromatic N) is 1. The van der Waals surface area contributed by atoms with Gasteiger partial charge in [0.2, 0.25) is 0 Å². The van der Waals surface area contributed by atoms with Crippen molar-refractivity contribution in [3.8, 4) is 0 Å². The summed E-state index contributed by atoms with van der Waals surface area (Å²) in [4.78, 5) is 12.9. The van der Waals surface area contributed by atoms with Crippen molar-refractivity contribution >= 4 is 6.09 Å². The Balaban J connectivity index is 3.97. The lowest BCUT2D eigenvalue weighted by atomic mass is 9.90. The van der Waals surface area contributed by atoms with Gasteiger partial charge in [-0.05, 0) is 64.5 Å². The first-order valence-electron chi connectivity index (χ1n) is 10.0. The van der Waals surface area contributed by atoms with Gasteiger partial charge in [-0.2, -0.15) is 0 Å². The zero-order chi connectivity index (χ0) is 19.3. The van der Waals surface area contributed by atoms with Crippen LogP contribution in [-0.2, 0) is 0 Å². The summed E-state index contributed by atoms with van der Waals surface area (Å²) in [7, 11) is 0. The van der Waals surface area contributed by atoms with E-state index in [4.69, 9.17) is 11.5 Å². The van der Waals surface area contributed by atoms with Gasteiger partial charge < -0.3 is 26.8 Å². The molecule has 6 N–H and O–H groups in total. The Bertz CT molecular complexity index is 355. The standard InChI is InChI=1S/C19H42N4O2/c1-5-18(20,6-2)11-14-22-13-9-10-15-23(17(24)25)16-12-19(21,7-3)8-4/h22H,5-16,20-21H2,1-4H3,(H,24,25). The first-order valence-corrected chi connectivity index (χ1v) is 10.0. The predicted octanol–water partition coefficient (Wildman–Crippen LogP) is 3.15. The van der Waals surface area contributed by atoms with Gasteiger partial charge in [0.25, 0.3) is 0 Å². The zero-order valence-electron chi connectivity index (χ0n) is 16.9. The van der Waals surface area contributed by atoms with Crippen molar-refractivity contribution in [1.82, 2.24) is 10.2 Å². The summed E-state index contributed by atoms with van der Waals surface area (Å²) in [6, 6.07) is 0. The van der Waals surface area contributed by atoms with Gasteiger partial charge in [0.05, 0.1) is 0 Å².